The molecule has 10 nitrogen and oxygen atoms in total. The molecule has 0 radical (unpaired) electrons. The van der Waals surface area contributed by atoms with Crippen molar-refractivity contribution in [3.8, 4) is 11.5 Å². The first-order chi connectivity index (χ1) is 17.5. The van der Waals surface area contributed by atoms with Crippen LogP contribution in [-0.2, 0) is 22.6 Å². The van der Waals surface area contributed by atoms with Crippen molar-refractivity contribution in [1.82, 2.24) is 10.2 Å². The number of aliphatic hydroxyl groups excluding tert-OH is 2. The van der Waals surface area contributed by atoms with Gasteiger partial charge in [0.15, 0.2) is 17.2 Å². The predicted molar refractivity (Wildman–Crippen MR) is 138 cm³/mol. The SMILES string of the molecule is CC(=O)C1C(=O)[C@@]2(O)C(O)=C3C(=O)c4c(O)c(CNCC(C)(C)C)cc(O)c4C[C@H]3C[C@H]2[C@H](N(C)C)C1O. The molecule has 0 heterocycles. The lowest BCUT2D eigenvalue weighted by Gasteiger charge is -2.53. The van der Waals surface area contributed by atoms with Gasteiger partial charge in [0.25, 0.3) is 0 Å². The number of carbonyl (C=O) groups excluding carboxylic acids is 3. The maximum Gasteiger partial charge on any atom is 0.196 e. The van der Waals surface area contributed by atoms with E-state index in [1.807, 2.05) is 20.8 Å². The van der Waals surface area contributed by atoms with Gasteiger partial charge >= 0.3 is 0 Å². The Morgan fingerprint density at radius 2 is 1.82 bits per heavy atom. The van der Waals surface area contributed by atoms with E-state index in [-0.39, 0.29) is 53.0 Å². The van der Waals surface area contributed by atoms with E-state index in [0.29, 0.717) is 12.1 Å². The van der Waals surface area contributed by atoms with Crippen molar-refractivity contribution in [2.24, 2.45) is 23.2 Å². The maximum absolute atomic E-state index is 13.8. The zero-order valence-corrected chi connectivity index (χ0v) is 22.7. The molecule has 1 aromatic rings. The number of hydrogen-bond acceptors (Lipinski definition) is 10. The van der Waals surface area contributed by atoms with Crippen LogP contribution in [0.15, 0.2) is 17.4 Å². The lowest BCUT2D eigenvalue weighted by atomic mass is 9.55. The molecule has 1 aromatic carbocycles. The van der Waals surface area contributed by atoms with Gasteiger partial charge in [0, 0.05) is 41.7 Å². The molecule has 0 aromatic heterocycles. The number of phenolic OH excluding ortho intramolecular Hbond substituents is 2. The van der Waals surface area contributed by atoms with E-state index in [9.17, 15) is 39.9 Å². The molecule has 4 rings (SSSR count). The fourth-order valence-corrected chi connectivity index (χ4v) is 6.54. The van der Waals surface area contributed by atoms with Gasteiger partial charge in [-0.2, -0.15) is 0 Å². The number of Topliss-reactive ketones (excluding diaryl/α,β-unsaturated/α-hetero) is 3. The van der Waals surface area contributed by atoms with Crippen LogP contribution in [0.5, 0.6) is 11.5 Å². The minimum Gasteiger partial charge on any atom is -0.508 e. The molecule has 6 N–H and O–H groups in total. The number of carbonyl (C=O) groups is 3. The molecule has 1 saturated carbocycles. The molecule has 0 aliphatic heterocycles. The van der Waals surface area contributed by atoms with Gasteiger partial charge < -0.3 is 35.7 Å². The first-order valence-corrected chi connectivity index (χ1v) is 12.9. The number of hydrogen-bond donors (Lipinski definition) is 6. The summed E-state index contributed by atoms with van der Waals surface area (Å²) < 4.78 is 0. The molecule has 38 heavy (non-hydrogen) atoms. The standard InChI is InChI=1S/C28H38N2O8/c1-12(31)18-24(35)21(30(5)6)16-8-13-7-15-17(32)9-14(10-29-11-27(2,3)4)22(33)20(15)23(34)19(13)26(37)28(16,38)25(18)36/h9,13,16,18,21,24,29,32-33,35,37-38H,7-8,10-11H2,1-6H3/t13-,16-,18?,21-,24?,28+/m0/s1. The number of nitrogens with one attached hydrogen (secondary N) is 1. The minimum atomic E-state index is -2.56. The third-order valence-corrected chi connectivity index (χ3v) is 8.25. The summed E-state index contributed by atoms with van der Waals surface area (Å²) in [5.74, 6) is -7.13. The second kappa shape index (κ2) is 9.44. The Morgan fingerprint density at radius 1 is 1.18 bits per heavy atom. The molecular formula is C28H38N2O8. The number of benzene rings is 1. The monoisotopic (exact) mass is 530 g/mol. The normalized spacial score (nSPS) is 31.2. The zero-order chi connectivity index (χ0) is 28.5. The van der Waals surface area contributed by atoms with Gasteiger partial charge in [0.05, 0.1) is 11.7 Å². The van der Waals surface area contributed by atoms with Crippen molar-refractivity contribution in [2.45, 2.75) is 64.8 Å². The summed E-state index contributed by atoms with van der Waals surface area (Å²) in [6, 6.07) is 0.545. The van der Waals surface area contributed by atoms with E-state index in [4.69, 9.17) is 0 Å². The Kier molecular flexibility index (Phi) is 7.01. The maximum atomic E-state index is 13.8. The van der Waals surface area contributed by atoms with Crippen molar-refractivity contribution < 1.29 is 39.9 Å². The van der Waals surface area contributed by atoms with Crippen LogP contribution in [0.4, 0.5) is 0 Å². The lowest BCUT2D eigenvalue weighted by molar-refractivity contribution is -0.178. The molecule has 1 fully saturated rings. The summed E-state index contributed by atoms with van der Waals surface area (Å²) in [6.07, 6.45) is -1.31. The summed E-state index contributed by atoms with van der Waals surface area (Å²) in [5, 5.41) is 59.2. The van der Waals surface area contributed by atoms with Gasteiger partial charge in [0.1, 0.15) is 29.0 Å². The van der Waals surface area contributed by atoms with Crippen molar-refractivity contribution in [3.63, 3.8) is 0 Å². The van der Waals surface area contributed by atoms with Crippen molar-refractivity contribution >= 4 is 17.3 Å². The van der Waals surface area contributed by atoms with Gasteiger partial charge in [-0.25, -0.2) is 0 Å². The summed E-state index contributed by atoms with van der Waals surface area (Å²) in [5.41, 5.74) is -2.46. The highest BCUT2D eigenvalue weighted by atomic mass is 16.4. The third kappa shape index (κ3) is 4.23. The first kappa shape index (κ1) is 28.2. The highest BCUT2D eigenvalue weighted by molar-refractivity contribution is 6.16. The second-order valence-corrected chi connectivity index (χ2v) is 12.4. The van der Waals surface area contributed by atoms with Crippen LogP contribution in [0.3, 0.4) is 0 Å². The highest BCUT2D eigenvalue weighted by Gasteiger charge is 2.65. The van der Waals surface area contributed by atoms with Crippen LogP contribution >= 0.6 is 0 Å². The Balaban J connectivity index is 1.83. The van der Waals surface area contributed by atoms with Crippen molar-refractivity contribution in [1.29, 1.82) is 0 Å². The summed E-state index contributed by atoms with van der Waals surface area (Å²) in [4.78, 5) is 41.2. The number of likely N-dealkylation sites (N-methyl/N-ethyl adjacent to an activating group) is 1. The van der Waals surface area contributed by atoms with Crippen molar-refractivity contribution in [2.75, 3.05) is 20.6 Å². The predicted octanol–water partition coefficient (Wildman–Crippen LogP) is 1.23. The van der Waals surface area contributed by atoms with E-state index < -0.39 is 58.6 Å². The number of ketones is 3. The molecule has 0 bridgehead atoms. The minimum absolute atomic E-state index is 0.0342. The second-order valence-electron chi connectivity index (χ2n) is 12.4. The van der Waals surface area contributed by atoms with Crippen LogP contribution in [0, 0.1) is 23.2 Å². The van der Waals surface area contributed by atoms with Gasteiger partial charge in [-0.05, 0) is 51.3 Å². The van der Waals surface area contributed by atoms with Gasteiger partial charge in [0.2, 0.25) is 0 Å². The summed E-state index contributed by atoms with van der Waals surface area (Å²) in [7, 11) is 3.27. The van der Waals surface area contributed by atoms with Crippen LogP contribution in [0.2, 0.25) is 0 Å². The fourth-order valence-electron chi connectivity index (χ4n) is 6.54. The van der Waals surface area contributed by atoms with Gasteiger partial charge in [-0.15, -0.1) is 0 Å². The van der Waals surface area contributed by atoms with Crippen LogP contribution in [0.1, 0.15) is 55.6 Å². The molecule has 3 aliphatic rings. The Hall–Kier alpha value is -2.79. The van der Waals surface area contributed by atoms with E-state index in [2.05, 4.69) is 5.32 Å². The van der Waals surface area contributed by atoms with E-state index in [0.717, 1.165) is 6.92 Å². The molecule has 0 amide bonds. The molecule has 10 heteroatoms. The number of phenols is 2. The average molecular weight is 531 g/mol. The third-order valence-electron chi connectivity index (χ3n) is 8.25. The number of aromatic hydroxyl groups is 2. The van der Waals surface area contributed by atoms with Crippen LogP contribution < -0.4 is 5.32 Å². The summed E-state index contributed by atoms with van der Waals surface area (Å²) in [6.45, 7) is 8.03. The number of nitrogens with zero attached hydrogens (tertiary/aromatic N) is 1. The molecule has 208 valence electrons. The molecule has 2 unspecified atom stereocenters. The smallest absolute Gasteiger partial charge is 0.196 e. The van der Waals surface area contributed by atoms with E-state index in [1.165, 1.54) is 6.07 Å². The fraction of sp³-hybridized carbons (Fsp3) is 0.607. The number of fused-ring (bicyclic) bond motifs is 3. The zero-order valence-electron chi connectivity index (χ0n) is 22.7. The first-order valence-electron chi connectivity index (χ1n) is 12.9. The van der Waals surface area contributed by atoms with E-state index >= 15 is 0 Å². The number of aliphatic hydroxyl groups is 3. The van der Waals surface area contributed by atoms with Crippen LogP contribution in [-0.4, -0.2) is 86.2 Å². The lowest BCUT2D eigenvalue weighted by Crippen LogP contribution is -2.70. The molecule has 0 spiro atoms. The van der Waals surface area contributed by atoms with Crippen LogP contribution in [0.25, 0.3) is 0 Å². The quantitative estimate of drug-likeness (QED) is 0.241. The Morgan fingerprint density at radius 3 is 2.37 bits per heavy atom. The average Bonchev–Trinajstić information content (AvgIpc) is 2.78. The molecular weight excluding hydrogens is 492 g/mol. The van der Waals surface area contributed by atoms with Gasteiger partial charge in [-0.1, -0.05) is 20.8 Å². The topological polar surface area (TPSA) is 168 Å². The summed E-state index contributed by atoms with van der Waals surface area (Å²) >= 11 is 0. The number of rotatable bonds is 5. The molecule has 0 saturated heterocycles. The number of allylic oxidation sites excluding steroid dienone is 1. The Bertz CT molecular complexity index is 1230. The van der Waals surface area contributed by atoms with E-state index in [1.54, 1.807) is 19.0 Å². The van der Waals surface area contributed by atoms with Gasteiger partial charge in [-0.3, -0.25) is 14.4 Å². The molecule has 3 aliphatic carbocycles. The largest absolute Gasteiger partial charge is 0.508 e. The molecule has 6 atom stereocenters. The highest BCUT2D eigenvalue weighted by Crippen LogP contribution is 2.53. The Labute approximate surface area is 222 Å². The van der Waals surface area contributed by atoms with Crippen molar-refractivity contribution in [3.05, 3.63) is 34.1 Å².